The van der Waals surface area contributed by atoms with Gasteiger partial charge in [0, 0.05) is 38.5 Å². The molecule has 1 amide bonds. The van der Waals surface area contributed by atoms with Crippen LogP contribution >= 0.6 is 0 Å². The molecule has 0 aliphatic carbocycles. The van der Waals surface area contributed by atoms with Gasteiger partial charge in [0.1, 0.15) is 0 Å². The number of carboxylic acids is 1. The van der Waals surface area contributed by atoms with Crippen molar-refractivity contribution >= 4 is 21.7 Å². The lowest BCUT2D eigenvalue weighted by Crippen LogP contribution is -2.47. The van der Waals surface area contributed by atoms with Crippen LogP contribution in [-0.2, 0) is 19.4 Å². The topological polar surface area (TPSA) is 104 Å². The average molecular weight is 318 g/mol. The predicted octanol–water partition coefficient (Wildman–Crippen LogP) is -0.524. The van der Waals surface area contributed by atoms with Crippen molar-refractivity contribution in [1.29, 1.82) is 0 Å². The molecule has 7 nitrogen and oxygen atoms in total. The number of nitrogens with zero attached hydrogens (tertiary/aromatic N) is 1. The number of likely N-dealkylation sites (tertiary alicyclic amines) is 1. The summed E-state index contributed by atoms with van der Waals surface area (Å²) < 4.78 is 23.1. The van der Waals surface area contributed by atoms with E-state index < -0.39 is 15.8 Å². The highest BCUT2D eigenvalue weighted by Crippen LogP contribution is 2.22. The molecule has 2 N–H and O–H groups in total. The highest BCUT2D eigenvalue weighted by Gasteiger charge is 2.30. The van der Waals surface area contributed by atoms with Crippen LogP contribution in [0.1, 0.15) is 25.7 Å². The maximum Gasteiger partial charge on any atom is 0.303 e. The molecule has 0 aromatic carbocycles. The lowest BCUT2D eigenvalue weighted by Gasteiger charge is -2.25. The van der Waals surface area contributed by atoms with E-state index in [1.807, 2.05) is 0 Å². The van der Waals surface area contributed by atoms with E-state index in [1.165, 1.54) is 0 Å². The molecule has 0 spiro atoms. The van der Waals surface area contributed by atoms with Crippen LogP contribution in [0.2, 0.25) is 0 Å². The van der Waals surface area contributed by atoms with E-state index in [0.29, 0.717) is 26.1 Å². The van der Waals surface area contributed by atoms with Gasteiger partial charge in [0.2, 0.25) is 5.91 Å². The number of aliphatic carboxylic acids is 1. The van der Waals surface area contributed by atoms with Crippen molar-refractivity contribution in [2.75, 3.05) is 31.1 Å². The summed E-state index contributed by atoms with van der Waals surface area (Å²) >= 11 is 0. The van der Waals surface area contributed by atoms with Crippen LogP contribution in [0.15, 0.2) is 0 Å². The molecule has 0 radical (unpaired) electrons. The van der Waals surface area contributed by atoms with Crippen LogP contribution in [0.5, 0.6) is 0 Å². The van der Waals surface area contributed by atoms with Gasteiger partial charge >= 0.3 is 5.97 Å². The van der Waals surface area contributed by atoms with Crippen molar-refractivity contribution < 1.29 is 23.1 Å². The van der Waals surface area contributed by atoms with Crippen molar-refractivity contribution in [3.8, 4) is 0 Å². The second kappa shape index (κ2) is 6.74. The molecule has 8 heteroatoms. The Morgan fingerprint density at radius 1 is 1.33 bits per heavy atom. The quantitative estimate of drug-likeness (QED) is 0.707. The van der Waals surface area contributed by atoms with Crippen LogP contribution in [0.4, 0.5) is 0 Å². The first kappa shape index (κ1) is 16.2. The molecule has 0 aromatic rings. The molecule has 0 aromatic heterocycles. The number of sulfone groups is 1. The van der Waals surface area contributed by atoms with Crippen molar-refractivity contribution in [2.24, 2.45) is 5.92 Å². The van der Waals surface area contributed by atoms with Gasteiger partial charge in [-0.1, -0.05) is 0 Å². The summed E-state index contributed by atoms with van der Waals surface area (Å²) in [6, 6.07) is -0.297. The second-order valence-electron chi connectivity index (χ2n) is 5.90. The summed E-state index contributed by atoms with van der Waals surface area (Å²) in [6.07, 6.45) is 1.75. The average Bonchev–Trinajstić information content (AvgIpc) is 2.84. The van der Waals surface area contributed by atoms with E-state index in [2.05, 4.69) is 5.32 Å². The van der Waals surface area contributed by atoms with Crippen molar-refractivity contribution in [1.82, 2.24) is 10.2 Å². The molecule has 2 aliphatic heterocycles. The number of amides is 1. The largest absolute Gasteiger partial charge is 0.481 e. The third-order valence-corrected chi connectivity index (χ3v) is 5.86. The lowest BCUT2D eigenvalue weighted by molar-refractivity contribution is -0.137. The number of nitrogens with one attached hydrogen (secondary N) is 1. The van der Waals surface area contributed by atoms with Crippen LogP contribution in [0.25, 0.3) is 0 Å². The molecule has 2 heterocycles. The Hall–Kier alpha value is -1.15. The van der Waals surface area contributed by atoms with Gasteiger partial charge in [0.25, 0.3) is 0 Å². The highest BCUT2D eigenvalue weighted by atomic mass is 32.2. The first-order chi connectivity index (χ1) is 9.85. The Labute approximate surface area is 124 Å². The van der Waals surface area contributed by atoms with E-state index in [0.717, 1.165) is 6.42 Å². The molecule has 2 rings (SSSR count). The number of carboxylic acid groups (broad SMARTS) is 1. The maximum absolute atomic E-state index is 12.2. The molecule has 21 heavy (non-hydrogen) atoms. The van der Waals surface area contributed by atoms with Gasteiger partial charge in [-0.2, -0.15) is 0 Å². The molecule has 2 fully saturated rings. The van der Waals surface area contributed by atoms with E-state index in [4.69, 9.17) is 5.11 Å². The molecular formula is C13H22N2O5S. The second-order valence-corrected chi connectivity index (χ2v) is 8.13. The molecule has 0 bridgehead atoms. The number of hydrogen-bond donors (Lipinski definition) is 2. The Bertz CT molecular complexity index is 505. The Morgan fingerprint density at radius 3 is 2.76 bits per heavy atom. The van der Waals surface area contributed by atoms with Crippen molar-refractivity contribution in [3.63, 3.8) is 0 Å². The predicted molar refractivity (Wildman–Crippen MR) is 76.6 cm³/mol. The number of hydrogen-bond acceptors (Lipinski definition) is 5. The molecular weight excluding hydrogens is 296 g/mol. The first-order valence-corrected chi connectivity index (χ1v) is 9.11. The van der Waals surface area contributed by atoms with Crippen molar-refractivity contribution in [3.05, 3.63) is 0 Å². The van der Waals surface area contributed by atoms with E-state index in [1.54, 1.807) is 4.90 Å². The zero-order chi connectivity index (χ0) is 15.5. The van der Waals surface area contributed by atoms with Crippen molar-refractivity contribution in [2.45, 2.75) is 31.7 Å². The van der Waals surface area contributed by atoms with Gasteiger partial charge in [-0.25, -0.2) is 8.42 Å². The van der Waals surface area contributed by atoms with Crippen LogP contribution in [0, 0.1) is 5.92 Å². The van der Waals surface area contributed by atoms with E-state index in [9.17, 15) is 18.0 Å². The van der Waals surface area contributed by atoms with Gasteiger partial charge in [-0.05, 0) is 18.8 Å². The molecule has 2 atom stereocenters. The number of carbonyl (C=O) groups excluding carboxylic acids is 1. The van der Waals surface area contributed by atoms with Gasteiger partial charge in [-0.15, -0.1) is 0 Å². The highest BCUT2D eigenvalue weighted by molar-refractivity contribution is 7.91. The third-order valence-electron chi connectivity index (χ3n) is 4.13. The zero-order valence-corrected chi connectivity index (χ0v) is 12.8. The molecule has 2 aliphatic rings. The van der Waals surface area contributed by atoms with Crippen LogP contribution in [0.3, 0.4) is 0 Å². The fourth-order valence-electron chi connectivity index (χ4n) is 2.96. The Balaban J connectivity index is 1.78. The number of carbonyl (C=O) groups is 2. The SMILES string of the molecule is O=C(O)CCC1CCN(C(=O)CC2CS(=O)(=O)CCN2)C1. The van der Waals surface area contributed by atoms with Crippen LogP contribution < -0.4 is 5.32 Å². The van der Waals surface area contributed by atoms with Gasteiger partial charge in [0.15, 0.2) is 9.84 Å². The summed E-state index contributed by atoms with van der Waals surface area (Å²) in [7, 11) is -3.03. The summed E-state index contributed by atoms with van der Waals surface area (Å²) in [4.78, 5) is 24.5. The van der Waals surface area contributed by atoms with E-state index >= 15 is 0 Å². The fraction of sp³-hybridized carbons (Fsp3) is 0.846. The van der Waals surface area contributed by atoms with Gasteiger partial charge in [-0.3, -0.25) is 9.59 Å². The lowest BCUT2D eigenvalue weighted by atomic mass is 10.0. The summed E-state index contributed by atoms with van der Waals surface area (Å²) in [5.74, 6) is -0.444. The zero-order valence-electron chi connectivity index (χ0n) is 12.0. The fourth-order valence-corrected chi connectivity index (χ4v) is 4.40. The Morgan fingerprint density at radius 2 is 2.10 bits per heavy atom. The molecule has 0 saturated carbocycles. The number of rotatable bonds is 5. The monoisotopic (exact) mass is 318 g/mol. The van der Waals surface area contributed by atoms with E-state index in [-0.39, 0.29) is 42.2 Å². The summed E-state index contributed by atoms with van der Waals surface area (Å²) in [5.41, 5.74) is 0. The summed E-state index contributed by atoms with van der Waals surface area (Å²) in [5, 5.41) is 11.7. The minimum Gasteiger partial charge on any atom is -0.481 e. The van der Waals surface area contributed by atoms with Gasteiger partial charge in [0.05, 0.1) is 11.5 Å². The third kappa shape index (κ3) is 4.96. The standard InChI is InChI=1S/C13H22N2O5S/c16-12(7-11-9-21(19,20)6-4-14-11)15-5-3-10(8-15)1-2-13(17)18/h10-11,14H,1-9H2,(H,17,18). The van der Waals surface area contributed by atoms with Crippen LogP contribution in [-0.4, -0.2) is 67.5 Å². The molecule has 120 valence electrons. The Kier molecular flexibility index (Phi) is 5.21. The van der Waals surface area contributed by atoms with Gasteiger partial charge < -0.3 is 15.3 Å². The maximum atomic E-state index is 12.2. The summed E-state index contributed by atoms with van der Waals surface area (Å²) in [6.45, 7) is 1.63. The first-order valence-electron chi connectivity index (χ1n) is 7.29. The minimum atomic E-state index is -3.03. The smallest absolute Gasteiger partial charge is 0.303 e. The minimum absolute atomic E-state index is 0.0228. The molecule has 2 saturated heterocycles. The normalized spacial score (nSPS) is 28.5. The molecule has 2 unspecified atom stereocenters.